The van der Waals surface area contributed by atoms with Gasteiger partial charge in [0, 0.05) is 30.6 Å². The summed E-state index contributed by atoms with van der Waals surface area (Å²) in [5.41, 5.74) is 1.05. The van der Waals surface area contributed by atoms with E-state index in [0.29, 0.717) is 36.1 Å². The van der Waals surface area contributed by atoms with Crippen LogP contribution in [0.15, 0.2) is 24.4 Å². The van der Waals surface area contributed by atoms with E-state index in [9.17, 15) is 9.59 Å². The zero-order valence-electron chi connectivity index (χ0n) is 15.7. The summed E-state index contributed by atoms with van der Waals surface area (Å²) in [5, 5.41) is 3.38. The van der Waals surface area contributed by atoms with Crippen molar-refractivity contribution < 1.29 is 19.1 Å². The highest BCUT2D eigenvalue weighted by Crippen LogP contribution is 2.28. The second-order valence-electron chi connectivity index (χ2n) is 6.45. The third kappa shape index (κ3) is 4.57. The van der Waals surface area contributed by atoms with Crippen LogP contribution in [-0.4, -0.2) is 49.0 Å². The van der Waals surface area contributed by atoms with Crippen LogP contribution >= 0.6 is 11.3 Å². The predicted molar refractivity (Wildman–Crippen MR) is 103 cm³/mol. The smallest absolute Gasteiger partial charge is 0.231 e. The summed E-state index contributed by atoms with van der Waals surface area (Å²) < 4.78 is 10.6. The zero-order chi connectivity index (χ0) is 19.4. The number of carbonyl (C=O) groups excluding carboxylic acids is 2. The van der Waals surface area contributed by atoms with E-state index in [0.717, 1.165) is 10.4 Å². The third-order valence-electron chi connectivity index (χ3n) is 4.56. The Balaban J connectivity index is 1.55. The number of benzene rings is 1. The van der Waals surface area contributed by atoms with E-state index in [1.54, 1.807) is 25.3 Å². The van der Waals surface area contributed by atoms with Gasteiger partial charge in [0.15, 0.2) is 16.6 Å². The Labute approximate surface area is 162 Å². The summed E-state index contributed by atoms with van der Waals surface area (Å²) in [6.07, 6.45) is 2.64. The molecule has 8 heteroatoms. The predicted octanol–water partition coefficient (Wildman–Crippen LogP) is 2.50. The monoisotopic (exact) mass is 389 g/mol. The molecule has 1 aromatic carbocycles. The molecule has 27 heavy (non-hydrogen) atoms. The number of amides is 2. The molecule has 1 atom stereocenters. The lowest BCUT2D eigenvalue weighted by molar-refractivity contribution is -0.128. The molecule has 1 aliphatic heterocycles. The van der Waals surface area contributed by atoms with E-state index in [1.807, 2.05) is 25.1 Å². The molecule has 0 spiro atoms. The van der Waals surface area contributed by atoms with Crippen molar-refractivity contribution in [2.75, 3.05) is 32.6 Å². The number of methoxy groups -OCH3 is 2. The molecule has 0 aliphatic carbocycles. The molecule has 0 bridgehead atoms. The molecule has 2 aromatic rings. The lowest BCUT2D eigenvalue weighted by Crippen LogP contribution is -2.30. The van der Waals surface area contributed by atoms with E-state index >= 15 is 0 Å². The van der Waals surface area contributed by atoms with Crippen molar-refractivity contribution in [1.82, 2.24) is 9.88 Å². The van der Waals surface area contributed by atoms with Crippen molar-refractivity contribution in [1.29, 1.82) is 0 Å². The Bertz CT molecular complexity index is 836. The molecule has 1 aromatic heterocycles. The number of nitrogens with one attached hydrogen (secondary N) is 1. The van der Waals surface area contributed by atoms with E-state index < -0.39 is 0 Å². The van der Waals surface area contributed by atoms with Crippen molar-refractivity contribution in [3.8, 4) is 11.5 Å². The fraction of sp³-hybridized carbons (Fsp3) is 0.421. The topological polar surface area (TPSA) is 80.8 Å². The highest BCUT2D eigenvalue weighted by molar-refractivity contribution is 7.15. The number of carbonyl (C=O) groups is 2. The number of rotatable bonds is 7. The molecule has 144 valence electrons. The molecule has 2 amide bonds. The zero-order valence-corrected chi connectivity index (χ0v) is 16.5. The number of nitrogens with zero attached hydrogens (tertiary/aromatic N) is 2. The number of likely N-dealkylation sites (tertiary alicyclic amines) is 1. The molecular formula is C19H23N3O4S. The summed E-state index contributed by atoms with van der Waals surface area (Å²) in [4.78, 5) is 31.6. The fourth-order valence-corrected chi connectivity index (χ4v) is 3.75. The first-order valence-corrected chi connectivity index (χ1v) is 9.53. The van der Waals surface area contributed by atoms with E-state index in [4.69, 9.17) is 9.47 Å². The van der Waals surface area contributed by atoms with Gasteiger partial charge >= 0.3 is 0 Å². The Morgan fingerprint density at radius 2 is 2.11 bits per heavy atom. The normalized spacial score (nSPS) is 16.5. The molecule has 0 radical (unpaired) electrons. The third-order valence-corrected chi connectivity index (χ3v) is 5.38. The molecule has 1 aliphatic rings. The van der Waals surface area contributed by atoms with Crippen molar-refractivity contribution in [3.63, 3.8) is 0 Å². The average Bonchev–Trinajstić information content (AvgIpc) is 3.24. The number of hydrogen-bond acceptors (Lipinski definition) is 6. The number of anilines is 1. The highest BCUT2D eigenvalue weighted by atomic mass is 32.1. The Kier molecular flexibility index (Phi) is 5.95. The van der Waals surface area contributed by atoms with Gasteiger partial charge in [0.2, 0.25) is 11.8 Å². The minimum absolute atomic E-state index is 0.00551. The molecule has 1 unspecified atom stereocenters. The maximum Gasteiger partial charge on any atom is 0.231 e. The first-order valence-electron chi connectivity index (χ1n) is 8.72. The summed E-state index contributed by atoms with van der Waals surface area (Å²) in [5.74, 6) is 0.857. The highest BCUT2D eigenvalue weighted by Gasteiger charge is 2.34. The molecule has 1 fully saturated rings. The number of aryl methyl sites for hydroxylation is 1. The molecule has 7 nitrogen and oxygen atoms in total. The number of ether oxygens (including phenoxy) is 2. The van der Waals surface area contributed by atoms with Crippen LogP contribution in [-0.2, 0) is 16.0 Å². The van der Waals surface area contributed by atoms with Crippen LogP contribution in [0.1, 0.15) is 16.9 Å². The maximum absolute atomic E-state index is 12.4. The van der Waals surface area contributed by atoms with Crippen molar-refractivity contribution >= 4 is 28.3 Å². The minimum atomic E-state index is -0.341. The lowest BCUT2D eigenvalue weighted by Gasteiger charge is -2.17. The lowest BCUT2D eigenvalue weighted by atomic mass is 10.1. The first kappa shape index (κ1) is 19.2. The molecule has 2 heterocycles. The first-order chi connectivity index (χ1) is 13.0. The van der Waals surface area contributed by atoms with Crippen molar-refractivity contribution in [2.45, 2.75) is 19.8 Å². The summed E-state index contributed by atoms with van der Waals surface area (Å²) in [6.45, 7) is 2.93. The molecule has 1 saturated heterocycles. The van der Waals surface area contributed by atoms with E-state index in [-0.39, 0.29) is 24.2 Å². The van der Waals surface area contributed by atoms with E-state index in [1.165, 1.54) is 11.3 Å². The molecule has 0 saturated carbocycles. The van der Waals surface area contributed by atoms with E-state index in [2.05, 4.69) is 10.3 Å². The van der Waals surface area contributed by atoms with Gasteiger partial charge < -0.3 is 19.7 Å². The fourth-order valence-electron chi connectivity index (χ4n) is 3.08. The van der Waals surface area contributed by atoms with Gasteiger partial charge in [-0.15, -0.1) is 11.3 Å². The standard InChI is InChI=1S/C19H23N3O4S/c1-12-10-20-19(27-12)21-18(24)14-9-17(23)22(11-14)7-6-13-4-5-15(25-2)16(8-13)26-3/h4-5,8,10,14H,6-7,9,11H2,1-3H3,(H,20,21,24). The van der Waals surface area contributed by atoms with Crippen LogP contribution in [0.2, 0.25) is 0 Å². The van der Waals surface area contributed by atoms with Gasteiger partial charge in [0.05, 0.1) is 20.1 Å². The Morgan fingerprint density at radius 1 is 1.33 bits per heavy atom. The Hall–Kier alpha value is -2.61. The SMILES string of the molecule is COc1ccc(CCN2CC(C(=O)Nc3ncc(C)s3)CC2=O)cc1OC. The number of thiazole rings is 1. The Morgan fingerprint density at radius 3 is 2.78 bits per heavy atom. The molecule has 1 N–H and O–H groups in total. The quantitative estimate of drug-likeness (QED) is 0.787. The minimum Gasteiger partial charge on any atom is -0.493 e. The second-order valence-corrected chi connectivity index (χ2v) is 7.68. The second kappa shape index (κ2) is 8.39. The van der Waals surface area contributed by atoms with Gasteiger partial charge in [-0.2, -0.15) is 0 Å². The largest absolute Gasteiger partial charge is 0.493 e. The maximum atomic E-state index is 12.4. The number of aromatic nitrogens is 1. The van der Waals surface area contributed by atoms with Gasteiger partial charge in [-0.05, 0) is 31.0 Å². The van der Waals surface area contributed by atoms with Crippen LogP contribution in [0, 0.1) is 12.8 Å². The summed E-state index contributed by atoms with van der Waals surface area (Å²) >= 11 is 1.43. The van der Waals surface area contributed by atoms with Crippen LogP contribution in [0.5, 0.6) is 11.5 Å². The van der Waals surface area contributed by atoms with Gasteiger partial charge in [0.25, 0.3) is 0 Å². The summed E-state index contributed by atoms with van der Waals surface area (Å²) in [7, 11) is 3.19. The van der Waals surface area contributed by atoms with Crippen molar-refractivity contribution in [3.05, 3.63) is 34.8 Å². The van der Waals surface area contributed by atoms with Crippen LogP contribution in [0.3, 0.4) is 0 Å². The van der Waals surface area contributed by atoms with Crippen LogP contribution in [0.25, 0.3) is 0 Å². The van der Waals surface area contributed by atoms with Crippen molar-refractivity contribution in [2.24, 2.45) is 5.92 Å². The summed E-state index contributed by atoms with van der Waals surface area (Å²) in [6, 6.07) is 5.72. The van der Waals surface area contributed by atoms with Gasteiger partial charge in [0.1, 0.15) is 0 Å². The average molecular weight is 389 g/mol. The van der Waals surface area contributed by atoms with Gasteiger partial charge in [-0.25, -0.2) is 4.98 Å². The molecule has 3 rings (SSSR count). The number of hydrogen-bond donors (Lipinski definition) is 1. The van der Waals surface area contributed by atoms with Crippen LogP contribution in [0.4, 0.5) is 5.13 Å². The molecular weight excluding hydrogens is 366 g/mol. The van der Waals surface area contributed by atoms with Gasteiger partial charge in [-0.3, -0.25) is 9.59 Å². The van der Waals surface area contributed by atoms with Gasteiger partial charge in [-0.1, -0.05) is 6.07 Å². The van der Waals surface area contributed by atoms with Crippen LogP contribution < -0.4 is 14.8 Å².